The second kappa shape index (κ2) is 9.74. The number of anilines is 1. The Bertz CT molecular complexity index is 1010. The van der Waals surface area contributed by atoms with Crippen molar-refractivity contribution in [1.82, 2.24) is 10.2 Å². The Labute approximate surface area is 200 Å². The molecule has 2 saturated heterocycles. The van der Waals surface area contributed by atoms with E-state index in [-0.39, 0.29) is 29.9 Å². The van der Waals surface area contributed by atoms with E-state index >= 15 is 0 Å². The summed E-state index contributed by atoms with van der Waals surface area (Å²) in [6.45, 7) is 3.97. The minimum Gasteiger partial charge on any atom is -0.496 e. The van der Waals surface area contributed by atoms with Crippen LogP contribution in [0.4, 0.5) is 5.69 Å². The lowest BCUT2D eigenvalue weighted by atomic mass is 9.78. The van der Waals surface area contributed by atoms with Gasteiger partial charge in [0.25, 0.3) is 5.91 Å². The quantitative estimate of drug-likeness (QED) is 0.632. The molecule has 2 aliphatic heterocycles. The Morgan fingerprint density at radius 2 is 1.67 bits per heavy atom. The summed E-state index contributed by atoms with van der Waals surface area (Å²) < 4.78 is 5.35. The Morgan fingerprint density at radius 1 is 1.03 bits per heavy atom. The van der Waals surface area contributed by atoms with Gasteiger partial charge in [0.2, 0.25) is 5.91 Å². The number of hydrogen-bond donors (Lipinski definition) is 2. The van der Waals surface area contributed by atoms with Gasteiger partial charge in [0.05, 0.1) is 28.9 Å². The molecule has 2 aromatic rings. The molecule has 2 amide bonds. The predicted octanol–water partition coefficient (Wildman–Crippen LogP) is 4.88. The van der Waals surface area contributed by atoms with Gasteiger partial charge >= 0.3 is 0 Å². The van der Waals surface area contributed by atoms with Crippen molar-refractivity contribution in [3.63, 3.8) is 0 Å². The number of fused-ring (bicyclic) bond motifs is 2. The molecule has 2 unspecified atom stereocenters. The Morgan fingerprint density at radius 3 is 2.33 bits per heavy atom. The predicted molar refractivity (Wildman–Crippen MR) is 131 cm³/mol. The molecule has 4 rings (SSSR count). The maximum absolute atomic E-state index is 13.3. The average molecular weight is 470 g/mol. The van der Waals surface area contributed by atoms with Crippen LogP contribution >= 0.6 is 11.6 Å². The molecule has 6 nitrogen and oxygen atoms in total. The molecule has 2 aromatic carbocycles. The molecule has 7 heteroatoms. The van der Waals surface area contributed by atoms with Gasteiger partial charge in [-0.1, -0.05) is 42.3 Å². The molecule has 2 N–H and O–H groups in total. The van der Waals surface area contributed by atoms with Crippen LogP contribution in [-0.2, 0) is 4.79 Å². The number of carbonyl (C=O) groups excluding carboxylic acids is 2. The van der Waals surface area contributed by atoms with Gasteiger partial charge in [-0.05, 0) is 63.8 Å². The van der Waals surface area contributed by atoms with E-state index in [1.807, 2.05) is 44.2 Å². The number of hydrogen-bond acceptors (Lipinski definition) is 4. The van der Waals surface area contributed by atoms with E-state index in [4.69, 9.17) is 16.3 Å². The van der Waals surface area contributed by atoms with Gasteiger partial charge in [-0.25, -0.2) is 0 Å². The smallest absolute Gasteiger partial charge is 0.255 e. The van der Waals surface area contributed by atoms with Crippen LogP contribution < -0.4 is 15.4 Å². The summed E-state index contributed by atoms with van der Waals surface area (Å²) in [5, 5.41) is 6.77. The van der Waals surface area contributed by atoms with Crippen molar-refractivity contribution < 1.29 is 14.3 Å². The first-order valence-electron chi connectivity index (χ1n) is 11.6. The van der Waals surface area contributed by atoms with Crippen LogP contribution in [0.15, 0.2) is 48.5 Å². The van der Waals surface area contributed by atoms with Crippen molar-refractivity contribution in [2.75, 3.05) is 12.4 Å². The van der Waals surface area contributed by atoms with Crippen molar-refractivity contribution in [3.05, 3.63) is 59.1 Å². The van der Waals surface area contributed by atoms with Gasteiger partial charge in [-0.2, -0.15) is 0 Å². The number of rotatable bonds is 6. The Kier molecular flexibility index (Phi) is 6.96. The fraction of sp³-hybridized carbons (Fsp3) is 0.462. The lowest BCUT2D eigenvalue weighted by molar-refractivity contribution is -0.134. The number of halogens is 1. The summed E-state index contributed by atoms with van der Waals surface area (Å²) in [5.74, 6) is 0.397. The largest absolute Gasteiger partial charge is 0.496 e. The maximum Gasteiger partial charge on any atom is 0.255 e. The molecule has 2 fully saturated rings. The standard InChI is InChI=1S/C26H32ClN3O3/c1-26(2,25(32)29-22-13-6-5-12-21(22)27)30-18-9-8-10-19(30)16-17(15-18)28-24(31)20-11-4-7-14-23(20)33-3/h4-7,11-14,17-19H,8-10,15-16H2,1-3H3,(H,28,31)(H,29,32). The normalized spacial score (nSPS) is 23.0. The molecule has 176 valence electrons. The Hall–Kier alpha value is -2.57. The van der Waals surface area contributed by atoms with Crippen LogP contribution in [0.5, 0.6) is 5.75 Å². The highest BCUT2D eigenvalue weighted by atomic mass is 35.5. The van der Waals surface area contributed by atoms with E-state index in [1.165, 1.54) is 0 Å². The van der Waals surface area contributed by atoms with E-state index in [2.05, 4.69) is 15.5 Å². The topological polar surface area (TPSA) is 70.7 Å². The second-order valence-electron chi connectivity index (χ2n) is 9.48. The number of methoxy groups -OCH3 is 1. The Balaban J connectivity index is 1.47. The summed E-state index contributed by atoms with van der Waals surface area (Å²) in [5.41, 5.74) is 0.473. The van der Waals surface area contributed by atoms with Crippen molar-refractivity contribution in [3.8, 4) is 5.75 Å². The number of piperidine rings is 2. The number of nitrogens with one attached hydrogen (secondary N) is 2. The molecule has 0 spiro atoms. The average Bonchev–Trinajstić information content (AvgIpc) is 2.79. The highest BCUT2D eigenvalue weighted by molar-refractivity contribution is 6.33. The second-order valence-corrected chi connectivity index (χ2v) is 9.89. The zero-order valence-corrected chi connectivity index (χ0v) is 20.2. The van der Waals surface area contributed by atoms with Crippen molar-refractivity contribution in [2.45, 2.75) is 69.6 Å². The molecule has 2 aliphatic rings. The molecule has 0 saturated carbocycles. The van der Waals surface area contributed by atoms with Crippen molar-refractivity contribution >= 4 is 29.1 Å². The van der Waals surface area contributed by atoms with E-state index in [9.17, 15) is 9.59 Å². The number of nitrogens with zero attached hydrogens (tertiary/aromatic N) is 1. The third kappa shape index (κ3) is 4.87. The first-order valence-corrected chi connectivity index (χ1v) is 12.0. The molecule has 2 bridgehead atoms. The summed E-state index contributed by atoms with van der Waals surface area (Å²) in [7, 11) is 1.57. The van der Waals surface area contributed by atoms with E-state index < -0.39 is 5.54 Å². The number of amides is 2. The van der Waals surface area contributed by atoms with Crippen LogP contribution in [-0.4, -0.2) is 47.5 Å². The van der Waals surface area contributed by atoms with E-state index in [1.54, 1.807) is 25.3 Å². The van der Waals surface area contributed by atoms with Crippen LogP contribution in [0.25, 0.3) is 0 Å². The van der Waals surface area contributed by atoms with Gasteiger partial charge in [-0.3, -0.25) is 14.5 Å². The van der Waals surface area contributed by atoms with Gasteiger partial charge in [0, 0.05) is 18.1 Å². The van der Waals surface area contributed by atoms with Gasteiger partial charge < -0.3 is 15.4 Å². The third-order valence-corrected chi connectivity index (χ3v) is 7.31. The lowest BCUT2D eigenvalue weighted by Gasteiger charge is -2.54. The SMILES string of the molecule is COc1ccccc1C(=O)NC1CC2CCCC(C1)N2C(C)(C)C(=O)Nc1ccccc1Cl. The number of carbonyl (C=O) groups is 2. The first kappa shape index (κ1) is 23.6. The molecule has 0 radical (unpaired) electrons. The maximum atomic E-state index is 13.3. The van der Waals surface area contributed by atoms with Gasteiger partial charge in [0.15, 0.2) is 0 Å². The summed E-state index contributed by atoms with van der Waals surface area (Å²) in [6, 6.07) is 15.1. The van der Waals surface area contributed by atoms with Crippen molar-refractivity contribution in [2.24, 2.45) is 0 Å². The molecular weight excluding hydrogens is 438 g/mol. The molecule has 2 atom stereocenters. The first-order chi connectivity index (χ1) is 15.8. The molecular formula is C26H32ClN3O3. The summed E-state index contributed by atoms with van der Waals surface area (Å²) in [6.07, 6.45) is 4.81. The van der Waals surface area contributed by atoms with Gasteiger partial charge in [-0.15, -0.1) is 0 Å². The van der Waals surface area contributed by atoms with Gasteiger partial charge in [0.1, 0.15) is 5.75 Å². The molecule has 0 aromatic heterocycles. The highest BCUT2D eigenvalue weighted by Gasteiger charge is 2.48. The highest BCUT2D eigenvalue weighted by Crippen LogP contribution is 2.40. The zero-order chi connectivity index (χ0) is 23.6. The van der Waals surface area contributed by atoms with Crippen LogP contribution in [0.2, 0.25) is 5.02 Å². The molecule has 0 aliphatic carbocycles. The van der Waals surface area contributed by atoms with Crippen LogP contribution in [0.3, 0.4) is 0 Å². The van der Waals surface area contributed by atoms with E-state index in [0.29, 0.717) is 22.0 Å². The number of para-hydroxylation sites is 2. The fourth-order valence-corrected chi connectivity index (χ4v) is 5.65. The molecule has 2 heterocycles. The summed E-state index contributed by atoms with van der Waals surface area (Å²) >= 11 is 6.26. The van der Waals surface area contributed by atoms with E-state index in [0.717, 1.165) is 32.1 Å². The minimum atomic E-state index is -0.702. The number of ether oxygens (including phenoxy) is 1. The fourth-order valence-electron chi connectivity index (χ4n) is 5.46. The number of benzene rings is 2. The van der Waals surface area contributed by atoms with Crippen LogP contribution in [0, 0.1) is 0 Å². The molecule has 33 heavy (non-hydrogen) atoms. The third-order valence-electron chi connectivity index (χ3n) is 6.98. The minimum absolute atomic E-state index is 0.0657. The van der Waals surface area contributed by atoms with Crippen molar-refractivity contribution in [1.29, 1.82) is 0 Å². The van der Waals surface area contributed by atoms with Crippen LogP contribution in [0.1, 0.15) is 56.3 Å². The summed E-state index contributed by atoms with van der Waals surface area (Å²) in [4.78, 5) is 28.7. The monoisotopic (exact) mass is 469 g/mol. The zero-order valence-electron chi connectivity index (χ0n) is 19.4. The lowest BCUT2D eigenvalue weighted by Crippen LogP contribution is -2.66.